The van der Waals surface area contributed by atoms with Gasteiger partial charge in [0.25, 0.3) is 5.69 Å². The van der Waals surface area contributed by atoms with Gasteiger partial charge in [-0.15, -0.1) is 0 Å². The smallest absolute Gasteiger partial charge is 0.318 e. The third kappa shape index (κ3) is 3.88. The van der Waals surface area contributed by atoms with Gasteiger partial charge in [-0.2, -0.15) is 0 Å². The second-order valence-corrected chi connectivity index (χ2v) is 7.17. The third-order valence-electron chi connectivity index (χ3n) is 4.85. The standard InChI is InChI=1S/C22H16N4O6/c1-12-3-6-20-18(7-12)24-22(32-20)14-5-4-13(2)17(9-14)23-11-15-8-16(25(28)29)10-19(21(15)27)26(30)31/h3-11,27H,1-2H3. The summed E-state index contributed by atoms with van der Waals surface area (Å²) in [6.45, 7) is 3.77. The zero-order valence-electron chi connectivity index (χ0n) is 17.0. The van der Waals surface area contributed by atoms with Gasteiger partial charge in [-0.05, 0) is 49.2 Å². The number of benzene rings is 3. The number of nitrogens with zero attached hydrogens (tertiary/aromatic N) is 4. The van der Waals surface area contributed by atoms with Crippen molar-refractivity contribution in [2.45, 2.75) is 13.8 Å². The Morgan fingerprint density at radius 2 is 1.81 bits per heavy atom. The number of aromatic hydroxyl groups is 1. The number of phenols is 1. The first-order valence-electron chi connectivity index (χ1n) is 9.41. The average molecular weight is 432 g/mol. The number of nitro benzene ring substituents is 2. The fraction of sp³-hybridized carbons (Fsp3) is 0.0909. The van der Waals surface area contributed by atoms with Crippen LogP contribution in [0.15, 0.2) is 57.9 Å². The van der Waals surface area contributed by atoms with Crippen molar-refractivity contribution in [3.8, 4) is 17.2 Å². The molecule has 32 heavy (non-hydrogen) atoms. The molecule has 4 rings (SSSR count). The zero-order valence-corrected chi connectivity index (χ0v) is 17.0. The quantitative estimate of drug-likeness (QED) is 0.253. The number of oxazole rings is 1. The molecule has 160 valence electrons. The van der Waals surface area contributed by atoms with Crippen molar-refractivity contribution >= 4 is 34.4 Å². The van der Waals surface area contributed by atoms with Crippen LogP contribution in [0.2, 0.25) is 0 Å². The fourth-order valence-electron chi connectivity index (χ4n) is 3.15. The van der Waals surface area contributed by atoms with Crippen LogP contribution in [0.1, 0.15) is 16.7 Å². The summed E-state index contributed by atoms with van der Waals surface area (Å²) >= 11 is 0. The molecule has 3 aromatic carbocycles. The summed E-state index contributed by atoms with van der Waals surface area (Å²) in [5.41, 5.74) is 2.89. The number of hydrogen-bond acceptors (Lipinski definition) is 8. The molecule has 0 aliphatic heterocycles. The van der Waals surface area contributed by atoms with E-state index in [1.54, 1.807) is 12.1 Å². The molecule has 0 saturated carbocycles. The Labute approximate surface area is 180 Å². The maximum absolute atomic E-state index is 11.1. The Morgan fingerprint density at radius 3 is 2.53 bits per heavy atom. The first kappa shape index (κ1) is 20.7. The van der Waals surface area contributed by atoms with Crippen LogP contribution in [0.4, 0.5) is 17.1 Å². The van der Waals surface area contributed by atoms with E-state index in [-0.39, 0.29) is 5.56 Å². The number of aliphatic imine (C=N–C) groups is 1. The lowest BCUT2D eigenvalue weighted by atomic mass is 10.1. The van der Waals surface area contributed by atoms with Crippen molar-refractivity contribution in [1.29, 1.82) is 0 Å². The Kier molecular flexibility index (Phi) is 5.11. The fourth-order valence-corrected chi connectivity index (χ4v) is 3.15. The molecule has 0 radical (unpaired) electrons. The van der Waals surface area contributed by atoms with Gasteiger partial charge in [0.05, 0.1) is 21.6 Å². The number of nitro groups is 2. The number of fused-ring (bicyclic) bond motifs is 1. The van der Waals surface area contributed by atoms with E-state index in [0.717, 1.165) is 28.9 Å². The molecule has 0 bridgehead atoms. The minimum absolute atomic E-state index is 0.145. The molecule has 0 saturated heterocycles. The van der Waals surface area contributed by atoms with E-state index in [0.29, 0.717) is 28.8 Å². The van der Waals surface area contributed by atoms with E-state index < -0.39 is 27.0 Å². The maximum Gasteiger partial charge on any atom is 0.318 e. The zero-order chi connectivity index (χ0) is 23.0. The normalized spacial score (nSPS) is 11.3. The summed E-state index contributed by atoms with van der Waals surface area (Å²) in [4.78, 5) is 29.4. The molecule has 0 atom stereocenters. The topological polar surface area (TPSA) is 145 Å². The second-order valence-electron chi connectivity index (χ2n) is 7.17. The van der Waals surface area contributed by atoms with Crippen LogP contribution in [0.25, 0.3) is 22.6 Å². The molecule has 1 aromatic heterocycles. The second kappa shape index (κ2) is 7.91. The SMILES string of the molecule is Cc1ccc2oc(-c3ccc(C)c(N=Cc4cc([N+](=O)[O-])cc([N+](=O)[O-])c4O)c3)nc2c1. The highest BCUT2D eigenvalue weighted by molar-refractivity contribution is 5.89. The largest absolute Gasteiger partial charge is 0.502 e. The van der Waals surface area contributed by atoms with Gasteiger partial charge in [0, 0.05) is 23.4 Å². The molecule has 1 N–H and O–H groups in total. The van der Waals surface area contributed by atoms with Crippen molar-refractivity contribution < 1.29 is 19.4 Å². The molecule has 10 heteroatoms. The van der Waals surface area contributed by atoms with E-state index >= 15 is 0 Å². The van der Waals surface area contributed by atoms with Crippen LogP contribution >= 0.6 is 0 Å². The highest BCUT2D eigenvalue weighted by Crippen LogP contribution is 2.34. The summed E-state index contributed by atoms with van der Waals surface area (Å²) in [5.74, 6) is -0.302. The average Bonchev–Trinajstić information content (AvgIpc) is 3.16. The van der Waals surface area contributed by atoms with Crippen molar-refractivity contribution in [3.63, 3.8) is 0 Å². The highest BCUT2D eigenvalue weighted by atomic mass is 16.6. The van der Waals surface area contributed by atoms with Crippen molar-refractivity contribution in [2.24, 2.45) is 4.99 Å². The van der Waals surface area contributed by atoms with Crippen LogP contribution in [-0.4, -0.2) is 26.2 Å². The lowest BCUT2D eigenvalue weighted by molar-refractivity contribution is -0.394. The van der Waals surface area contributed by atoms with E-state index in [1.807, 2.05) is 38.1 Å². The number of rotatable bonds is 5. The van der Waals surface area contributed by atoms with Gasteiger partial charge >= 0.3 is 5.69 Å². The Bertz CT molecular complexity index is 1420. The van der Waals surface area contributed by atoms with Gasteiger partial charge in [0.15, 0.2) is 5.58 Å². The Hall–Kier alpha value is -4.60. The minimum Gasteiger partial charge on any atom is -0.502 e. The number of aromatic nitrogens is 1. The molecule has 0 aliphatic rings. The molecule has 0 aliphatic carbocycles. The van der Waals surface area contributed by atoms with E-state index in [1.165, 1.54) is 0 Å². The summed E-state index contributed by atoms with van der Waals surface area (Å²) in [6.07, 6.45) is 1.15. The summed E-state index contributed by atoms with van der Waals surface area (Å²) < 4.78 is 5.82. The van der Waals surface area contributed by atoms with Gasteiger partial charge in [-0.25, -0.2) is 4.98 Å². The molecular formula is C22H16N4O6. The highest BCUT2D eigenvalue weighted by Gasteiger charge is 2.23. The molecule has 0 spiro atoms. The van der Waals surface area contributed by atoms with Crippen molar-refractivity contribution in [1.82, 2.24) is 4.98 Å². The molecule has 0 amide bonds. The van der Waals surface area contributed by atoms with Gasteiger partial charge in [-0.1, -0.05) is 12.1 Å². The van der Waals surface area contributed by atoms with Crippen LogP contribution in [0.5, 0.6) is 5.75 Å². The lowest BCUT2D eigenvalue weighted by Gasteiger charge is -2.04. The first-order valence-corrected chi connectivity index (χ1v) is 9.41. The summed E-state index contributed by atoms with van der Waals surface area (Å²) in [6, 6.07) is 12.7. The lowest BCUT2D eigenvalue weighted by Crippen LogP contribution is -1.96. The van der Waals surface area contributed by atoms with Crippen LogP contribution in [0.3, 0.4) is 0 Å². The molecule has 4 aromatic rings. The number of non-ortho nitro benzene ring substituents is 1. The van der Waals surface area contributed by atoms with Gasteiger partial charge in [0.1, 0.15) is 5.52 Å². The first-order chi connectivity index (χ1) is 15.2. The molecule has 10 nitrogen and oxygen atoms in total. The third-order valence-corrected chi connectivity index (χ3v) is 4.85. The van der Waals surface area contributed by atoms with Crippen LogP contribution < -0.4 is 0 Å². The predicted molar refractivity (Wildman–Crippen MR) is 118 cm³/mol. The Morgan fingerprint density at radius 1 is 1.03 bits per heavy atom. The van der Waals surface area contributed by atoms with Crippen LogP contribution in [-0.2, 0) is 0 Å². The Balaban J connectivity index is 1.75. The minimum atomic E-state index is -0.888. The van der Waals surface area contributed by atoms with E-state index in [9.17, 15) is 25.3 Å². The number of aryl methyl sites for hydroxylation is 2. The number of phenolic OH excluding ortho intramolecular Hbond substituents is 1. The van der Waals surface area contributed by atoms with Gasteiger partial charge < -0.3 is 9.52 Å². The molecule has 0 unspecified atom stereocenters. The monoisotopic (exact) mass is 432 g/mol. The van der Waals surface area contributed by atoms with Crippen LogP contribution in [0, 0.1) is 34.1 Å². The molecule has 1 heterocycles. The molecule has 0 fully saturated rings. The molecular weight excluding hydrogens is 416 g/mol. The maximum atomic E-state index is 11.1. The van der Waals surface area contributed by atoms with E-state index in [4.69, 9.17) is 4.42 Å². The van der Waals surface area contributed by atoms with E-state index in [2.05, 4.69) is 9.98 Å². The van der Waals surface area contributed by atoms with Gasteiger partial charge in [-0.3, -0.25) is 25.2 Å². The summed E-state index contributed by atoms with van der Waals surface area (Å²) in [7, 11) is 0. The number of hydrogen-bond donors (Lipinski definition) is 1. The predicted octanol–water partition coefficient (Wildman–Crippen LogP) is 5.38. The van der Waals surface area contributed by atoms with Gasteiger partial charge in [0.2, 0.25) is 11.6 Å². The van der Waals surface area contributed by atoms with Crippen molar-refractivity contribution in [3.05, 3.63) is 85.4 Å². The summed E-state index contributed by atoms with van der Waals surface area (Å²) in [5, 5.41) is 32.4. The van der Waals surface area contributed by atoms with Crippen molar-refractivity contribution in [2.75, 3.05) is 0 Å².